The average Bonchev–Trinajstić information content (AvgIpc) is 3.08. The topological polar surface area (TPSA) is 233 Å². The van der Waals surface area contributed by atoms with Gasteiger partial charge in [0.15, 0.2) is 5.78 Å². The van der Waals surface area contributed by atoms with Crippen molar-refractivity contribution in [3.05, 3.63) is 29.8 Å². The third-order valence-electron chi connectivity index (χ3n) is 8.84. The lowest BCUT2D eigenvalue weighted by atomic mass is 9.84. The lowest BCUT2D eigenvalue weighted by molar-refractivity contribution is -0.134. The molecule has 9 N–H and O–H groups in total. The second kappa shape index (κ2) is 24.3. The highest BCUT2D eigenvalue weighted by Crippen LogP contribution is 2.21. The highest BCUT2D eigenvalue weighted by atomic mass is 16.2. The number of amides is 7. The molecule has 4 atom stereocenters. The van der Waals surface area contributed by atoms with E-state index in [2.05, 4.69) is 37.2 Å². The highest BCUT2D eigenvalue weighted by molar-refractivity contribution is 5.99. The first-order valence-electron chi connectivity index (χ1n) is 19.9. The van der Waals surface area contributed by atoms with Crippen LogP contribution in [0.2, 0.25) is 0 Å². The highest BCUT2D eigenvalue weighted by Gasteiger charge is 2.33. The first-order valence-corrected chi connectivity index (χ1v) is 19.9. The molecule has 0 aliphatic rings. The number of benzene rings is 1. The first-order chi connectivity index (χ1) is 26.4. The van der Waals surface area contributed by atoms with Crippen molar-refractivity contribution in [2.45, 2.75) is 137 Å². The van der Waals surface area contributed by atoms with Gasteiger partial charge in [0.1, 0.15) is 18.1 Å². The SMILES string of the molecule is Cc1ccc(NC(=O)[C@H](CCCNC(N)=O)NC(=O)[C@@H](NC(=O)[C@H](CCCCNC(=O)CC[C@@H](NC(C)(C)C)C(=O)C(C)(C)C)NC(=O)CN(C)C)C(C)C)cc1. The van der Waals surface area contributed by atoms with Crippen LogP contribution in [0.15, 0.2) is 24.3 Å². The maximum absolute atomic E-state index is 13.7. The minimum absolute atomic E-state index is 0.0408. The van der Waals surface area contributed by atoms with Crippen LogP contribution in [-0.2, 0) is 28.8 Å². The van der Waals surface area contributed by atoms with Crippen LogP contribution >= 0.6 is 0 Å². The molecule has 322 valence electrons. The summed E-state index contributed by atoms with van der Waals surface area (Å²) in [5, 5.41) is 19.9. The van der Waals surface area contributed by atoms with Crippen LogP contribution in [0.5, 0.6) is 0 Å². The number of likely N-dealkylation sites (N-methyl/N-ethyl adjacent to an activating group) is 1. The summed E-state index contributed by atoms with van der Waals surface area (Å²) in [6, 6.07) is 2.97. The number of carbonyl (C=O) groups excluding carboxylic acids is 7. The predicted octanol–water partition coefficient (Wildman–Crippen LogP) is 2.49. The summed E-state index contributed by atoms with van der Waals surface area (Å²) < 4.78 is 0. The Kier molecular flexibility index (Phi) is 21.5. The van der Waals surface area contributed by atoms with Gasteiger partial charge in [-0.15, -0.1) is 0 Å². The van der Waals surface area contributed by atoms with Crippen molar-refractivity contribution in [1.29, 1.82) is 0 Å². The third kappa shape index (κ3) is 21.5. The Hall–Kier alpha value is -4.57. The molecule has 0 saturated heterocycles. The molecule has 0 aromatic heterocycles. The number of anilines is 1. The lowest BCUT2D eigenvalue weighted by Crippen LogP contribution is -2.58. The summed E-state index contributed by atoms with van der Waals surface area (Å²) in [6.45, 7) is 17.5. The molecule has 0 heterocycles. The summed E-state index contributed by atoms with van der Waals surface area (Å²) >= 11 is 0. The van der Waals surface area contributed by atoms with Gasteiger partial charge in [-0.05, 0) is 98.4 Å². The molecule has 0 unspecified atom stereocenters. The maximum Gasteiger partial charge on any atom is 0.312 e. The zero-order chi connectivity index (χ0) is 43.5. The summed E-state index contributed by atoms with van der Waals surface area (Å²) in [5.74, 6) is -2.53. The van der Waals surface area contributed by atoms with Crippen molar-refractivity contribution in [2.75, 3.05) is 39.0 Å². The van der Waals surface area contributed by atoms with Gasteiger partial charge in [-0.2, -0.15) is 0 Å². The van der Waals surface area contributed by atoms with E-state index in [1.807, 2.05) is 60.6 Å². The molecule has 16 nitrogen and oxygen atoms in total. The van der Waals surface area contributed by atoms with Crippen molar-refractivity contribution >= 4 is 47.0 Å². The predicted molar refractivity (Wildman–Crippen MR) is 223 cm³/mol. The molecule has 0 saturated carbocycles. The van der Waals surface area contributed by atoms with Crippen LogP contribution in [0.4, 0.5) is 10.5 Å². The number of hydrogen-bond donors (Lipinski definition) is 8. The van der Waals surface area contributed by atoms with Crippen LogP contribution in [0.3, 0.4) is 0 Å². The van der Waals surface area contributed by atoms with Crippen LogP contribution in [0, 0.1) is 18.3 Å². The van der Waals surface area contributed by atoms with Crippen molar-refractivity contribution in [1.82, 2.24) is 36.8 Å². The number of Topliss-reactive ketones (excluding diaryl/α,β-unsaturated/α-hetero) is 1. The van der Waals surface area contributed by atoms with Gasteiger partial charge < -0.3 is 47.9 Å². The van der Waals surface area contributed by atoms with E-state index < -0.39 is 59.3 Å². The van der Waals surface area contributed by atoms with Crippen molar-refractivity contribution in [2.24, 2.45) is 17.1 Å². The second-order valence-corrected chi connectivity index (χ2v) is 17.4. The summed E-state index contributed by atoms with van der Waals surface area (Å²) in [5.41, 5.74) is 5.86. The third-order valence-corrected chi connectivity index (χ3v) is 8.84. The maximum atomic E-state index is 13.7. The molecule has 0 spiro atoms. The van der Waals surface area contributed by atoms with Gasteiger partial charge in [0.25, 0.3) is 0 Å². The lowest BCUT2D eigenvalue weighted by Gasteiger charge is -2.31. The van der Waals surface area contributed by atoms with E-state index in [4.69, 9.17) is 5.73 Å². The van der Waals surface area contributed by atoms with E-state index in [0.717, 1.165) is 5.56 Å². The zero-order valence-electron chi connectivity index (χ0n) is 36.1. The Balaban J connectivity index is 2.98. The number of ketones is 1. The van der Waals surface area contributed by atoms with Crippen LogP contribution in [0.25, 0.3) is 0 Å². The monoisotopic (exact) mass is 802 g/mol. The van der Waals surface area contributed by atoms with Gasteiger partial charge in [0.05, 0.1) is 12.6 Å². The number of primary amides is 1. The fourth-order valence-electron chi connectivity index (χ4n) is 5.88. The molecular formula is C41H71N9O7. The van der Waals surface area contributed by atoms with Gasteiger partial charge in [0, 0.05) is 36.2 Å². The van der Waals surface area contributed by atoms with Gasteiger partial charge in [0.2, 0.25) is 29.5 Å². The van der Waals surface area contributed by atoms with E-state index in [1.54, 1.807) is 45.0 Å². The number of hydrogen-bond acceptors (Lipinski definition) is 9. The molecule has 57 heavy (non-hydrogen) atoms. The number of urea groups is 1. The van der Waals surface area contributed by atoms with Gasteiger partial charge in [-0.1, -0.05) is 52.3 Å². The molecule has 1 aromatic carbocycles. The van der Waals surface area contributed by atoms with Crippen molar-refractivity contribution in [3.63, 3.8) is 0 Å². The molecule has 0 aliphatic heterocycles. The number of carbonyl (C=O) groups is 7. The number of rotatable bonds is 24. The number of nitrogens with two attached hydrogens (primary N) is 1. The largest absolute Gasteiger partial charge is 0.356 e. The Labute approximate surface area is 339 Å². The number of unbranched alkanes of at least 4 members (excludes halogenated alkanes) is 1. The number of nitrogens with one attached hydrogen (secondary N) is 7. The van der Waals surface area contributed by atoms with E-state index >= 15 is 0 Å². The smallest absolute Gasteiger partial charge is 0.312 e. The van der Waals surface area contributed by atoms with E-state index in [1.165, 1.54) is 0 Å². The number of aryl methyl sites for hydroxylation is 1. The molecule has 0 radical (unpaired) electrons. The average molecular weight is 802 g/mol. The Bertz CT molecular complexity index is 1480. The van der Waals surface area contributed by atoms with Crippen molar-refractivity contribution < 1.29 is 33.6 Å². The van der Waals surface area contributed by atoms with Crippen LogP contribution in [0.1, 0.15) is 106 Å². The fraction of sp³-hybridized carbons (Fsp3) is 0.683. The van der Waals surface area contributed by atoms with Gasteiger partial charge in [-0.25, -0.2) is 4.79 Å². The molecule has 1 aromatic rings. The summed E-state index contributed by atoms with van der Waals surface area (Å²) in [7, 11) is 3.46. The Morgan fingerprint density at radius 1 is 0.684 bits per heavy atom. The Morgan fingerprint density at radius 2 is 1.26 bits per heavy atom. The zero-order valence-corrected chi connectivity index (χ0v) is 36.1. The molecule has 0 fully saturated rings. The molecule has 0 bridgehead atoms. The minimum Gasteiger partial charge on any atom is -0.356 e. The van der Waals surface area contributed by atoms with Crippen LogP contribution in [-0.4, -0.2) is 110 Å². The fourth-order valence-corrected chi connectivity index (χ4v) is 5.88. The van der Waals surface area contributed by atoms with E-state index in [0.29, 0.717) is 37.9 Å². The van der Waals surface area contributed by atoms with Gasteiger partial charge >= 0.3 is 6.03 Å². The Morgan fingerprint density at radius 3 is 1.81 bits per heavy atom. The quantitative estimate of drug-likeness (QED) is 0.0717. The van der Waals surface area contributed by atoms with Crippen LogP contribution < -0.4 is 43.0 Å². The molecule has 16 heteroatoms. The normalized spacial score (nSPS) is 13.8. The standard InChI is InChI=1S/C41H71N9O7/c1-26(2)34(38(56)47-31(16-14-24-44-39(42)57)36(54)45-28-19-17-27(3)18-20-28)48-37(55)30(46-33(52)25-50(10)11)15-12-13-23-43-32(51)22-21-29(49-41(7,8)9)35(53)40(4,5)6/h17-20,26,29-31,34,49H,12-16,21-25H2,1-11H3,(H,43,51)(H,45,54)(H,46,52)(H,47,56)(H,48,55)(H3,42,44,57)/t29-,30+,31+,34+/m1/s1. The molecule has 7 amide bonds. The van der Waals surface area contributed by atoms with Crippen molar-refractivity contribution in [3.8, 4) is 0 Å². The summed E-state index contributed by atoms with van der Waals surface area (Å²) in [6.07, 6.45) is 2.25. The molecule has 0 aliphatic carbocycles. The number of nitrogens with zero attached hydrogens (tertiary/aromatic N) is 1. The molecular weight excluding hydrogens is 731 g/mol. The van der Waals surface area contributed by atoms with E-state index in [-0.39, 0.29) is 55.5 Å². The van der Waals surface area contributed by atoms with Gasteiger partial charge in [-0.3, -0.25) is 28.8 Å². The first kappa shape index (κ1) is 50.4. The molecule has 1 rings (SSSR count). The second-order valence-electron chi connectivity index (χ2n) is 17.4. The minimum atomic E-state index is -1.05. The summed E-state index contributed by atoms with van der Waals surface area (Å²) in [4.78, 5) is 92.3. The van der Waals surface area contributed by atoms with E-state index in [9.17, 15) is 33.6 Å².